The van der Waals surface area contributed by atoms with Gasteiger partial charge in [0.25, 0.3) is 5.91 Å². The molecule has 0 radical (unpaired) electrons. The second-order valence-electron chi connectivity index (χ2n) is 4.74. The van der Waals surface area contributed by atoms with E-state index in [1.165, 1.54) is 5.56 Å². The Bertz CT molecular complexity index is 577. The largest absolute Gasteiger partial charge is 0.494 e. The Morgan fingerprint density at radius 2 is 1.76 bits per heavy atom. The molecule has 0 unspecified atom stereocenters. The van der Waals surface area contributed by atoms with Crippen molar-refractivity contribution < 1.29 is 14.1 Å². The Morgan fingerprint density at radius 1 is 1.10 bits per heavy atom. The van der Waals surface area contributed by atoms with Gasteiger partial charge in [0.15, 0.2) is 12.4 Å². The summed E-state index contributed by atoms with van der Waals surface area (Å²) in [7, 11) is 0. The van der Waals surface area contributed by atoms with Gasteiger partial charge in [-0.2, -0.15) is 4.57 Å². The highest BCUT2D eigenvalue weighted by molar-refractivity contribution is 5.89. The van der Waals surface area contributed by atoms with Gasteiger partial charge >= 0.3 is 0 Å². The number of aryl methyl sites for hydroxylation is 1. The Morgan fingerprint density at radius 3 is 2.33 bits per heavy atom. The molecule has 1 N–H and O–H groups in total. The number of rotatable bonds is 6. The van der Waals surface area contributed by atoms with Gasteiger partial charge < -0.3 is 10.1 Å². The quantitative estimate of drug-likeness (QED) is 0.829. The first kappa shape index (κ1) is 15.0. The molecule has 1 aromatic heterocycles. The zero-order valence-electron chi connectivity index (χ0n) is 12.5. The lowest BCUT2D eigenvalue weighted by molar-refractivity contribution is -0.684. The van der Waals surface area contributed by atoms with E-state index in [-0.39, 0.29) is 5.91 Å². The van der Waals surface area contributed by atoms with E-state index in [0.717, 1.165) is 17.9 Å². The smallest absolute Gasteiger partial charge is 0.290 e. The molecule has 2 aromatic rings. The summed E-state index contributed by atoms with van der Waals surface area (Å²) in [6.45, 7) is 4.99. The van der Waals surface area contributed by atoms with Crippen LogP contribution in [0, 0.1) is 0 Å². The summed E-state index contributed by atoms with van der Waals surface area (Å²) in [5, 5.41) is 2.87. The zero-order valence-corrected chi connectivity index (χ0v) is 12.5. The van der Waals surface area contributed by atoms with Crippen LogP contribution in [-0.2, 0) is 17.8 Å². The summed E-state index contributed by atoms with van der Waals surface area (Å²) in [6, 6.07) is 11.4. The van der Waals surface area contributed by atoms with Gasteiger partial charge in [-0.15, -0.1) is 0 Å². The van der Waals surface area contributed by atoms with Gasteiger partial charge in [-0.3, -0.25) is 4.79 Å². The van der Waals surface area contributed by atoms with Crippen LogP contribution < -0.4 is 14.6 Å². The van der Waals surface area contributed by atoms with Gasteiger partial charge in [0.1, 0.15) is 5.75 Å². The van der Waals surface area contributed by atoms with Gasteiger partial charge in [-0.1, -0.05) is 6.92 Å². The van der Waals surface area contributed by atoms with Gasteiger partial charge in [0, 0.05) is 17.8 Å². The van der Waals surface area contributed by atoms with E-state index >= 15 is 0 Å². The summed E-state index contributed by atoms with van der Waals surface area (Å²) in [5.74, 6) is 0.758. The number of ether oxygens (including phenoxy) is 1. The van der Waals surface area contributed by atoms with E-state index in [1.807, 2.05) is 60.3 Å². The monoisotopic (exact) mass is 285 g/mol. The highest BCUT2D eigenvalue weighted by atomic mass is 16.5. The molecule has 0 aliphatic carbocycles. The Balaban J connectivity index is 1.91. The minimum Gasteiger partial charge on any atom is -0.494 e. The number of nitrogens with one attached hydrogen (secondary N) is 1. The van der Waals surface area contributed by atoms with Gasteiger partial charge in [-0.05, 0) is 43.2 Å². The molecule has 0 atom stereocenters. The van der Waals surface area contributed by atoms with Crippen molar-refractivity contribution >= 4 is 11.6 Å². The van der Waals surface area contributed by atoms with E-state index < -0.39 is 0 Å². The summed E-state index contributed by atoms with van der Waals surface area (Å²) >= 11 is 0. The fraction of sp³-hybridized carbons (Fsp3) is 0.294. The maximum atomic E-state index is 12.0. The zero-order chi connectivity index (χ0) is 15.1. The van der Waals surface area contributed by atoms with Crippen LogP contribution in [0.5, 0.6) is 5.75 Å². The van der Waals surface area contributed by atoms with Crippen molar-refractivity contribution in [2.75, 3.05) is 11.9 Å². The van der Waals surface area contributed by atoms with Crippen molar-refractivity contribution in [1.29, 1.82) is 0 Å². The highest BCUT2D eigenvalue weighted by Gasteiger charge is 2.09. The van der Waals surface area contributed by atoms with Crippen molar-refractivity contribution in [3.63, 3.8) is 0 Å². The van der Waals surface area contributed by atoms with Crippen LogP contribution in [0.1, 0.15) is 19.4 Å². The van der Waals surface area contributed by atoms with E-state index in [0.29, 0.717) is 13.2 Å². The Hall–Kier alpha value is -2.36. The predicted octanol–water partition coefficient (Wildman–Crippen LogP) is 2.57. The average Bonchev–Trinajstić information content (AvgIpc) is 2.50. The molecule has 4 heteroatoms. The summed E-state index contributed by atoms with van der Waals surface area (Å²) < 4.78 is 7.23. The maximum Gasteiger partial charge on any atom is 0.290 e. The second-order valence-corrected chi connectivity index (χ2v) is 4.74. The van der Waals surface area contributed by atoms with Gasteiger partial charge in [0.2, 0.25) is 6.54 Å². The molecule has 21 heavy (non-hydrogen) atoms. The third-order valence-corrected chi connectivity index (χ3v) is 3.14. The van der Waals surface area contributed by atoms with Crippen LogP contribution in [0.25, 0.3) is 0 Å². The molecule has 1 aromatic carbocycles. The second kappa shape index (κ2) is 7.43. The summed E-state index contributed by atoms with van der Waals surface area (Å²) in [6.07, 6.45) is 4.85. The Kier molecular flexibility index (Phi) is 5.32. The summed E-state index contributed by atoms with van der Waals surface area (Å²) in [5.41, 5.74) is 2.03. The van der Waals surface area contributed by atoms with E-state index in [9.17, 15) is 4.79 Å². The lowest BCUT2D eigenvalue weighted by Crippen LogP contribution is -2.39. The molecule has 0 fully saturated rings. The molecule has 110 valence electrons. The van der Waals surface area contributed by atoms with Crippen molar-refractivity contribution in [2.45, 2.75) is 26.8 Å². The van der Waals surface area contributed by atoms with Gasteiger partial charge in [-0.25, -0.2) is 0 Å². The Labute approximate surface area is 125 Å². The SMILES string of the molecule is CCOc1ccc(NC(=O)C[n+]2ccc(CC)cc2)cc1. The molecule has 1 heterocycles. The number of benzene rings is 1. The predicted molar refractivity (Wildman–Crippen MR) is 82.3 cm³/mol. The number of aromatic nitrogens is 1. The molecule has 1 amide bonds. The fourth-order valence-corrected chi connectivity index (χ4v) is 2.00. The minimum atomic E-state index is -0.0478. The van der Waals surface area contributed by atoms with Crippen molar-refractivity contribution in [3.8, 4) is 5.75 Å². The van der Waals surface area contributed by atoms with Gasteiger partial charge in [0.05, 0.1) is 6.61 Å². The molecule has 0 aliphatic rings. The number of pyridine rings is 1. The molecule has 0 saturated carbocycles. The number of carbonyl (C=O) groups excluding carboxylic acids is 1. The summed E-state index contributed by atoms with van der Waals surface area (Å²) in [4.78, 5) is 12.0. The number of nitrogens with zero attached hydrogens (tertiary/aromatic N) is 1. The number of hydrogen-bond donors (Lipinski definition) is 1. The third-order valence-electron chi connectivity index (χ3n) is 3.14. The molecule has 2 rings (SSSR count). The fourth-order valence-electron chi connectivity index (χ4n) is 2.00. The van der Waals surface area contributed by atoms with E-state index in [2.05, 4.69) is 12.2 Å². The first-order chi connectivity index (χ1) is 10.2. The first-order valence-corrected chi connectivity index (χ1v) is 7.22. The van der Waals surface area contributed by atoms with Crippen molar-refractivity contribution in [3.05, 3.63) is 54.4 Å². The molecule has 4 nitrogen and oxygen atoms in total. The molecule has 0 spiro atoms. The molecule has 0 saturated heterocycles. The van der Waals surface area contributed by atoms with Crippen LogP contribution in [0.3, 0.4) is 0 Å². The lowest BCUT2D eigenvalue weighted by Gasteiger charge is -2.06. The number of anilines is 1. The first-order valence-electron chi connectivity index (χ1n) is 7.22. The molecular weight excluding hydrogens is 264 g/mol. The molecular formula is C17H21N2O2+. The molecule has 0 bridgehead atoms. The van der Waals surface area contributed by atoms with E-state index in [4.69, 9.17) is 4.74 Å². The van der Waals surface area contributed by atoms with Crippen LogP contribution >= 0.6 is 0 Å². The normalized spacial score (nSPS) is 10.2. The lowest BCUT2D eigenvalue weighted by atomic mass is 10.2. The standard InChI is InChI=1S/C17H20N2O2/c1-3-14-9-11-19(12-10-14)13-17(20)18-15-5-7-16(8-6-15)21-4-2/h5-12H,3-4,13H2,1-2H3/p+1. The highest BCUT2D eigenvalue weighted by Crippen LogP contribution is 2.15. The molecule has 0 aliphatic heterocycles. The average molecular weight is 285 g/mol. The van der Waals surface area contributed by atoms with Crippen LogP contribution in [0.4, 0.5) is 5.69 Å². The van der Waals surface area contributed by atoms with Crippen LogP contribution in [0.2, 0.25) is 0 Å². The van der Waals surface area contributed by atoms with Crippen LogP contribution in [0.15, 0.2) is 48.8 Å². The minimum absolute atomic E-state index is 0.0478. The van der Waals surface area contributed by atoms with Crippen molar-refractivity contribution in [2.24, 2.45) is 0 Å². The van der Waals surface area contributed by atoms with E-state index in [1.54, 1.807) is 0 Å². The third kappa shape index (κ3) is 4.60. The topological polar surface area (TPSA) is 42.2 Å². The number of hydrogen-bond acceptors (Lipinski definition) is 2. The maximum absolute atomic E-state index is 12.0. The van der Waals surface area contributed by atoms with Crippen LogP contribution in [-0.4, -0.2) is 12.5 Å². The number of carbonyl (C=O) groups is 1. The number of amides is 1. The van der Waals surface area contributed by atoms with Crippen molar-refractivity contribution in [1.82, 2.24) is 0 Å².